The van der Waals surface area contributed by atoms with Gasteiger partial charge in [0, 0.05) is 31.7 Å². The molecule has 0 N–H and O–H groups in total. The van der Waals surface area contributed by atoms with E-state index >= 15 is 0 Å². The lowest BCUT2D eigenvalue weighted by molar-refractivity contribution is 0.000302. The Bertz CT molecular complexity index is 870. The third-order valence-electron chi connectivity index (χ3n) is 6.01. The molecule has 0 saturated carbocycles. The number of rotatable bonds is 4. The Morgan fingerprint density at radius 1 is 1.11 bits per heavy atom. The number of benzene rings is 2. The van der Waals surface area contributed by atoms with E-state index in [1.165, 1.54) is 16.8 Å². The highest BCUT2D eigenvalue weighted by atomic mass is 16.5. The van der Waals surface area contributed by atoms with Crippen LogP contribution in [0.1, 0.15) is 25.0 Å². The van der Waals surface area contributed by atoms with Crippen LogP contribution in [0.4, 0.5) is 11.4 Å². The Balaban J connectivity index is 1.75. The molecule has 2 aliphatic rings. The van der Waals surface area contributed by atoms with Crippen LogP contribution < -0.4 is 14.5 Å². The van der Waals surface area contributed by atoms with Crippen molar-refractivity contribution in [2.24, 2.45) is 0 Å². The summed E-state index contributed by atoms with van der Waals surface area (Å²) >= 11 is 0. The molecule has 0 spiro atoms. The second-order valence-corrected chi connectivity index (χ2v) is 8.00. The molecule has 1 unspecified atom stereocenters. The van der Waals surface area contributed by atoms with E-state index in [1.54, 1.807) is 7.11 Å². The van der Waals surface area contributed by atoms with Crippen LogP contribution in [0.15, 0.2) is 48.5 Å². The smallest absolute Gasteiger partial charge is 0.170 e. The van der Waals surface area contributed by atoms with Gasteiger partial charge in [0.25, 0.3) is 0 Å². The molecule has 1 saturated heterocycles. The van der Waals surface area contributed by atoms with E-state index in [4.69, 9.17) is 9.47 Å². The van der Waals surface area contributed by atoms with Crippen molar-refractivity contribution < 1.29 is 9.47 Å². The number of nitrogens with zero attached hydrogens (tertiary/aromatic N) is 2. The third-order valence-corrected chi connectivity index (χ3v) is 6.01. The maximum Gasteiger partial charge on any atom is 0.170 e. The van der Waals surface area contributed by atoms with Gasteiger partial charge >= 0.3 is 0 Å². The fraction of sp³-hybridized carbons (Fsp3) is 0.391. The largest absolute Gasteiger partial charge is 0.495 e. The maximum absolute atomic E-state index is 6.42. The zero-order valence-corrected chi connectivity index (χ0v) is 16.8. The highest BCUT2D eigenvalue weighted by molar-refractivity contribution is 5.75. The van der Waals surface area contributed by atoms with E-state index in [-0.39, 0.29) is 5.41 Å². The van der Waals surface area contributed by atoms with Crippen molar-refractivity contribution in [3.63, 3.8) is 0 Å². The first kappa shape index (κ1) is 17.9. The van der Waals surface area contributed by atoms with Gasteiger partial charge in [-0.3, -0.25) is 0 Å². The molecule has 4 rings (SSSR count). The molecule has 0 radical (unpaired) electrons. The lowest BCUT2D eigenvalue weighted by atomic mass is 9.77. The van der Waals surface area contributed by atoms with Crippen LogP contribution >= 0.6 is 0 Å². The van der Waals surface area contributed by atoms with Gasteiger partial charge in [0.05, 0.1) is 19.4 Å². The predicted octanol–water partition coefficient (Wildman–Crippen LogP) is 4.30. The highest BCUT2D eigenvalue weighted by Crippen LogP contribution is 2.57. The summed E-state index contributed by atoms with van der Waals surface area (Å²) < 4.78 is 12.1. The van der Waals surface area contributed by atoms with Gasteiger partial charge in [-0.1, -0.05) is 44.2 Å². The minimum Gasteiger partial charge on any atom is -0.495 e. The van der Waals surface area contributed by atoms with Gasteiger partial charge in [-0.2, -0.15) is 0 Å². The summed E-state index contributed by atoms with van der Waals surface area (Å²) in [6.07, 6.45) is 4.40. The first-order valence-corrected chi connectivity index (χ1v) is 9.46. The molecule has 0 amide bonds. The van der Waals surface area contributed by atoms with Crippen LogP contribution in [0, 0.1) is 0 Å². The molecule has 0 aromatic heterocycles. The van der Waals surface area contributed by atoms with Crippen molar-refractivity contribution >= 4 is 17.5 Å². The number of anilines is 2. The van der Waals surface area contributed by atoms with E-state index in [0.29, 0.717) is 6.61 Å². The van der Waals surface area contributed by atoms with E-state index in [0.717, 1.165) is 18.0 Å². The van der Waals surface area contributed by atoms with Gasteiger partial charge in [-0.25, -0.2) is 0 Å². The Kier molecular flexibility index (Phi) is 4.19. The van der Waals surface area contributed by atoms with Crippen LogP contribution in [-0.2, 0) is 10.2 Å². The maximum atomic E-state index is 6.42. The van der Waals surface area contributed by atoms with E-state index in [2.05, 4.69) is 86.3 Å². The molecule has 2 heterocycles. The number of hydrogen-bond donors (Lipinski definition) is 0. The molecule has 1 fully saturated rings. The van der Waals surface area contributed by atoms with Gasteiger partial charge < -0.3 is 19.3 Å². The zero-order chi connectivity index (χ0) is 19.2. The molecule has 4 nitrogen and oxygen atoms in total. The van der Waals surface area contributed by atoms with Crippen molar-refractivity contribution in [3.8, 4) is 5.75 Å². The number of fused-ring (bicyclic) bond motifs is 3. The van der Waals surface area contributed by atoms with E-state index < -0.39 is 5.72 Å². The normalized spacial score (nSPS) is 22.8. The topological polar surface area (TPSA) is 24.9 Å². The third kappa shape index (κ3) is 2.54. The van der Waals surface area contributed by atoms with Crippen molar-refractivity contribution in [1.82, 2.24) is 0 Å². The highest BCUT2D eigenvalue weighted by Gasteiger charge is 2.60. The Hall–Kier alpha value is -2.46. The summed E-state index contributed by atoms with van der Waals surface area (Å²) in [6.45, 7) is 6.09. The standard InChI is InChI=1S/C23H28N2O2/c1-22(2)19-7-6-8-20(26-5)21(19)25-15-16-27-23(22,25)14-13-17-9-11-18(12-10-17)24(3)4/h6-14H,15-16H2,1-5H3/b14-13+. The summed E-state index contributed by atoms with van der Waals surface area (Å²) in [5.41, 5.74) is 4.12. The van der Waals surface area contributed by atoms with Gasteiger partial charge in [0.15, 0.2) is 5.72 Å². The average molecular weight is 364 g/mol. The molecule has 1 atom stereocenters. The summed E-state index contributed by atoms with van der Waals surface area (Å²) in [4.78, 5) is 4.48. The molecule has 2 aliphatic heterocycles. The summed E-state index contributed by atoms with van der Waals surface area (Å²) in [5, 5.41) is 0. The first-order valence-electron chi connectivity index (χ1n) is 9.46. The summed E-state index contributed by atoms with van der Waals surface area (Å²) in [5.74, 6) is 0.914. The van der Waals surface area contributed by atoms with Gasteiger partial charge in [-0.05, 0) is 35.4 Å². The SMILES string of the molecule is COc1cccc2c1N1CCOC1(/C=C/c1ccc(N(C)C)cc1)C2(C)C. The molecule has 27 heavy (non-hydrogen) atoms. The van der Waals surface area contributed by atoms with Crippen LogP contribution in [0.25, 0.3) is 6.08 Å². The molecule has 142 valence electrons. The number of methoxy groups -OCH3 is 1. The quantitative estimate of drug-likeness (QED) is 0.808. The van der Waals surface area contributed by atoms with Gasteiger partial charge in [-0.15, -0.1) is 0 Å². The summed E-state index contributed by atoms with van der Waals surface area (Å²) in [6, 6.07) is 14.9. The minimum absolute atomic E-state index is 0.187. The number of hydrogen-bond acceptors (Lipinski definition) is 4. The van der Waals surface area contributed by atoms with Crippen molar-refractivity contribution in [2.45, 2.75) is 25.0 Å². The minimum atomic E-state index is -0.496. The molecule has 0 aliphatic carbocycles. The number of para-hydroxylation sites is 1. The average Bonchev–Trinajstić information content (AvgIpc) is 3.17. The van der Waals surface area contributed by atoms with Gasteiger partial charge in [0.2, 0.25) is 0 Å². The molecule has 4 heteroatoms. The van der Waals surface area contributed by atoms with Crippen LogP contribution in [-0.4, -0.2) is 40.1 Å². The zero-order valence-electron chi connectivity index (χ0n) is 16.8. The lowest BCUT2D eigenvalue weighted by Gasteiger charge is -2.39. The van der Waals surface area contributed by atoms with E-state index in [1.807, 2.05) is 6.07 Å². The van der Waals surface area contributed by atoms with Crippen molar-refractivity contribution in [2.75, 3.05) is 44.2 Å². The van der Waals surface area contributed by atoms with Crippen molar-refractivity contribution in [1.29, 1.82) is 0 Å². The van der Waals surface area contributed by atoms with Crippen LogP contribution in [0.3, 0.4) is 0 Å². The Morgan fingerprint density at radius 3 is 2.52 bits per heavy atom. The summed E-state index contributed by atoms with van der Waals surface area (Å²) in [7, 11) is 5.85. The fourth-order valence-corrected chi connectivity index (χ4v) is 4.43. The molecular weight excluding hydrogens is 336 g/mol. The second-order valence-electron chi connectivity index (χ2n) is 8.00. The number of ether oxygens (including phenoxy) is 2. The van der Waals surface area contributed by atoms with Gasteiger partial charge in [0.1, 0.15) is 5.75 Å². The Morgan fingerprint density at radius 2 is 1.85 bits per heavy atom. The first-order chi connectivity index (χ1) is 12.9. The van der Waals surface area contributed by atoms with Crippen molar-refractivity contribution in [3.05, 3.63) is 59.7 Å². The lowest BCUT2D eigenvalue weighted by Crippen LogP contribution is -2.51. The fourth-order valence-electron chi connectivity index (χ4n) is 4.43. The van der Waals surface area contributed by atoms with Crippen LogP contribution in [0.5, 0.6) is 5.75 Å². The second kappa shape index (κ2) is 6.31. The van der Waals surface area contributed by atoms with Crippen LogP contribution in [0.2, 0.25) is 0 Å². The Labute approximate surface area is 162 Å². The predicted molar refractivity (Wildman–Crippen MR) is 112 cm³/mol. The molecule has 2 aromatic rings. The molecular formula is C23H28N2O2. The molecule has 2 aromatic carbocycles. The monoisotopic (exact) mass is 364 g/mol. The van der Waals surface area contributed by atoms with E-state index in [9.17, 15) is 0 Å². The molecule has 0 bridgehead atoms.